The number of rotatable bonds is 4. The van der Waals surface area contributed by atoms with Crippen LogP contribution in [0.4, 0.5) is 0 Å². The summed E-state index contributed by atoms with van der Waals surface area (Å²) < 4.78 is 23.1. The van der Waals surface area contributed by atoms with E-state index in [4.69, 9.17) is 0 Å². The fourth-order valence-corrected chi connectivity index (χ4v) is 5.23. The van der Waals surface area contributed by atoms with E-state index < -0.39 is 15.8 Å². The normalized spacial score (nSPS) is 21.4. The Morgan fingerprint density at radius 2 is 1.95 bits per heavy atom. The molecule has 0 aliphatic carbocycles. The number of sulfone groups is 1. The van der Waals surface area contributed by atoms with E-state index in [2.05, 4.69) is 5.32 Å². The molecule has 0 spiro atoms. The first kappa shape index (κ1) is 15.2. The van der Waals surface area contributed by atoms with Crippen LogP contribution in [0.1, 0.15) is 22.9 Å². The largest absolute Gasteiger partial charge is 0.344 e. The van der Waals surface area contributed by atoms with Gasteiger partial charge in [0.25, 0.3) is 0 Å². The summed E-state index contributed by atoms with van der Waals surface area (Å²) >= 11 is 1.58. The zero-order valence-electron chi connectivity index (χ0n) is 11.9. The smallest absolute Gasteiger partial charge is 0.224 e. The molecule has 1 aromatic carbocycles. The first-order valence-corrected chi connectivity index (χ1v) is 9.84. The number of hydrogen-bond acceptors (Lipinski definition) is 4. The zero-order chi connectivity index (χ0) is 15.6. The minimum Gasteiger partial charge on any atom is -0.344 e. The molecule has 0 unspecified atom stereocenters. The quantitative estimate of drug-likeness (QED) is 0.933. The van der Waals surface area contributed by atoms with E-state index in [0.717, 1.165) is 10.4 Å². The summed E-state index contributed by atoms with van der Waals surface area (Å²) in [7, 11) is -3.05. The van der Waals surface area contributed by atoms with Gasteiger partial charge < -0.3 is 5.32 Å². The van der Waals surface area contributed by atoms with Crippen molar-refractivity contribution in [3.05, 3.63) is 58.3 Å². The number of nitrogens with one attached hydrogen (secondary N) is 1. The minimum atomic E-state index is -3.05. The van der Waals surface area contributed by atoms with Crippen molar-refractivity contribution in [2.75, 3.05) is 11.5 Å². The second kappa shape index (κ2) is 6.22. The molecule has 1 aliphatic rings. The van der Waals surface area contributed by atoms with Crippen molar-refractivity contribution in [2.24, 2.45) is 5.92 Å². The van der Waals surface area contributed by atoms with Gasteiger partial charge in [0.15, 0.2) is 9.84 Å². The Hall–Kier alpha value is -1.66. The molecule has 6 heteroatoms. The molecule has 4 nitrogen and oxygen atoms in total. The van der Waals surface area contributed by atoms with Gasteiger partial charge in [0.05, 0.1) is 23.5 Å². The first-order valence-electron chi connectivity index (χ1n) is 7.14. The van der Waals surface area contributed by atoms with E-state index in [0.29, 0.717) is 6.42 Å². The van der Waals surface area contributed by atoms with Crippen molar-refractivity contribution in [3.63, 3.8) is 0 Å². The highest BCUT2D eigenvalue weighted by molar-refractivity contribution is 7.91. The van der Waals surface area contributed by atoms with Crippen molar-refractivity contribution >= 4 is 27.1 Å². The summed E-state index contributed by atoms with van der Waals surface area (Å²) in [5.41, 5.74) is 0.999. The summed E-state index contributed by atoms with van der Waals surface area (Å²) in [5, 5.41) is 4.99. The molecule has 0 radical (unpaired) electrons. The summed E-state index contributed by atoms with van der Waals surface area (Å²) in [5.74, 6) is -0.537. The lowest BCUT2D eigenvalue weighted by Gasteiger charge is -2.20. The third-order valence-electron chi connectivity index (χ3n) is 3.85. The lowest BCUT2D eigenvalue weighted by Crippen LogP contribution is -2.34. The molecular weight excluding hydrogens is 318 g/mol. The van der Waals surface area contributed by atoms with Crippen molar-refractivity contribution in [1.29, 1.82) is 0 Å². The number of thiophene rings is 1. The molecule has 116 valence electrons. The Balaban J connectivity index is 1.81. The lowest BCUT2D eigenvalue weighted by molar-refractivity contribution is -0.124. The SMILES string of the molecule is O=C(N[C@H](c1ccccc1)c1cccs1)[C@H]1CCS(=O)(=O)C1. The Kier molecular flexibility index (Phi) is 4.31. The van der Waals surface area contributed by atoms with Crippen LogP contribution in [0.2, 0.25) is 0 Å². The maximum atomic E-state index is 12.4. The van der Waals surface area contributed by atoms with Crippen LogP contribution in [0, 0.1) is 5.92 Å². The standard InChI is InChI=1S/C16H17NO3S2/c18-16(13-8-10-22(19,20)11-13)17-15(14-7-4-9-21-14)12-5-2-1-3-6-12/h1-7,9,13,15H,8,10-11H2,(H,17,18)/t13-,15+/m0/s1. The molecule has 2 aromatic rings. The van der Waals surface area contributed by atoms with Gasteiger partial charge in [-0.1, -0.05) is 36.4 Å². The van der Waals surface area contributed by atoms with E-state index in [-0.39, 0.29) is 23.5 Å². The van der Waals surface area contributed by atoms with Crippen LogP contribution in [-0.2, 0) is 14.6 Å². The third-order valence-corrected chi connectivity index (χ3v) is 6.56. The average molecular weight is 335 g/mol. The maximum absolute atomic E-state index is 12.4. The van der Waals surface area contributed by atoms with Crippen LogP contribution < -0.4 is 5.32 Å². The number of amides is 1. The predicted molar refractivity (Wildman–Crippen MR) is 87.5 cm³/mol. The number of benzene rings is 1. The van der Waals surface area contributed by atoms with Gasteiger partial charge in [-0.3, -0.25) is 4.79 Å². The maximum Gasteiger partial charge on any atom is 0.224 e. The minimum absolute atomic E-state index is 0.0369. The van der Waals surface area contributed by atoms with Crippen molar-refractivity contribution < 1.29 is 13.2 Å². The van der Waals surface area contributed by atoms with Gasteiger partial charge >= 0.3 is 0 Å². The van der Waals surface area contributed by atoms with E-state index in [1.54, 1.807) is 11.3 Å². The van der Waals surface area contributed by atoms with Crippen molar-refractivity contribution in [3.8, 4) is 0 Å². The second-order valence-electron chi connectivity index (χ2n) is 5.47. The molecule has 1 aliphatic heterocycles. The van der Waals surface area contributed by atoms with Crippen LogP contribution in [0.15, 0.2) is 47.8 Å². The van der Waals surface area contributed by atoms with Gasteiger partial charge in [-0.2, -0.15) is 0 Å². The molecule has 1 N–H and O–H groups in total. The number of carbonyl (C=O) groups is 1. The van der Waals surface area contributed by atoms with E-state index in [1.165, 1.54) is 0 Å². The highest BCUT2D eigenvalue weighted by atomic mass is 32.2. The molecule has 0 bridgehead atoms. The van der Waals surface area contributed by atoms with E-state index >= 15 is 0 Å². The topological polar surface area (TPSA) is 63.2 Å². The molecule has 1 aromatic heterocycles. The molecule has 2 atom stereocenters. The summed E-state index contributed by atoms with van der Waals surface area (Å²) in [6, 6.07) is 13.4. The van der Waals surface area contributed by atoms with Crippen molar-refractivity contribution in [2.45, 2.75) is 12.5 Å². The summed E-state index contributed by atoms with van der Waals surface area (Å²) in [6.45, 7) is 0. The molecule has 2 heterocycles. The predicted octanol–water partition coefficient (Wildman–Crippen LogP) is 2.39. The highest BCUT2D eigenvalue weighted by Crippen LogP contribution is 2.27. The van der Waals surface area contributed by atoms with Crippen molar-refractivity contribution in [1.82, 2.24) is 5.32 Å². The Morgan fingerprint density at radius 3 is 2.55 bits per heavy atom. The monoisotopic (exact) mass is 335 g/mol. The molecular formula is C16H17NO3S2. The van der Waals surface area contributed by atoms with Gasteiger partial charge in [0.1, 0.15) is 0 Å². The summed E-state index contributed by atoms with van der Waals surface area (Å²) in [6.07, 6.45) is 0.417. The molecule has 1 fully saturated rings. The third kappa shape index (κ3) is 3.39. The van der Waals surface area contributed by atoms with Gasteiger partial charge in [-0.25, -0.2) is 8.42 Å². The molecule has 0 saturated carbocycles. The number of hydrogen-bond donors (Lipinski definition) is 1. The van der Waals surface area contributed by atoms with Gasteiger partial charge in [-0.05, 0) is 23.4 Å². The van der Waals surface area contributed by atoms with Crippen LogP contribution in [-0.4, -0.2) is 25.8 Å². The van der Waals surface area contributed by atoms with Gasteiger partial charge in [-0.15, -0.1) is 11.3 Å². The van der Waals surface area contributed by atoms with Crippen LogP contribution >= 0.6 is 11.3 Å². The van der Waals surface area contributed by atoms with Crippen LogP contribution in [0.3, 0.4) is 0 Å². The Labute approximate surface area is 134 Å². The van der Waals surface area contributed by atoms with Crippen LogP contribution in [0.5, 0.6) is 0 Å². The number of carbonyl (C=O) groups excluding carboxylic acids is 1. The fourth-order valence-electron chi connectivity index (χ4n) is 2.68. The van der Waals surface area contributed by atoms with Crippen LogP contribution in [0.25, 0.3) is 0 Å². The molecule has 22 heavy (non-hydrogen) atoms. The summed E-state index contributed by atoms with van der Waals surface area (Å²) in [4.78, 5) is 13.5. The first-order chi connectivity index (χ1) is 10.6. The Morgan fingerprint density at radius 1 is 1.18 bits per heavy atom. The molecule has 3 rings (SSSR count). The lowest BCUT2D eigenvalue weighted by atomic mass is 10.0. The zero-order valence-corrected chi connectivity index (χ0v) is 13.6. The molecule has 1 amide bonds. The molecule has 1 saturated heterocycles. The van der Waals surface area contributed by atoms with E-state index in [9.17, 15) is 13.2 Å². The Bertz CT molecular complexity index is 739. The highest BCUT2D eigenvalue weighted by Gasteiger charge is 2.34. The fraction of sp³-hybridized carbons (Fsp3) is 0.312. The average Bonchev–Trinajstić information content (AvgIpc) is 3.15. The van der Waals surface area contributed by atoms with Gasteiger partial charge in [0.2, 0.25) is 5.91 Å². The van der Waals surface area contributed by atoms with E-state index in [1.807, 2.05) is 47.8 Å². The van der Waals surface area contributed by atoms with Gasteiger partial charge in [0, 0.05) is 4.88 Å². The second-order valence-corrected chi connectivity index (χ2v) is 8.68.